The lowest BCUT2D eigenvalue weighted by Gasteiger charge is -2.09. The van der Waals surface area contributed by atoms with Crippen molar-refractivity contribution in [3.05, 3.63) is 0 Å². The van der Waals surface area contributed by atoms with Crippen molar-refractivity contribution in [1.82, 2.24) is 4.90 Å². The van der Waals surface area contributed by atoms with Crippen LogP contribution in [0.3, 0.4) is 0 Å². The highest BCUT2D eigenvalue weighted by Gasteiger charge is 2.07. The van der Waals surface area contributed by atoms with Gasteiger partial charge in [0.15, 0.2) is 0 Å². The topological polar surface area (TPSA) is 20.3 Å². The van der Waals surface area contributed by atoms with E-state index in [1.54, 1.807) is 0 Å². The van der Waals surface area contributed by atoms with Gasteiger partial charge in [-0.2, -0.15) is 0 Å². The molecule has 1 heterocycles. The van der Waals surface area contributed by atoms with E-state index in [-0.39, 0.29) is 0 Å². The van der Waals surface area contributed by atoms with Gasteiger partial charge >= 0.3 is 0 Å². The molecule has 11 heavy (non-hydrogen) atoms. The van der Waals surface area contributed by atoms with E-state index < -0.39 is 10.8 Å². The molecule has 1 atom stereocenters. The van der Waals surface area contributed by atoms with Crippen LogP contribution in [0.2, 0.25) is 0 Å². The summed E-state index contributed by atoms with van der Waals surface area (Å²) in [4.78, 5) is 2.24. The summed E-state index contributed by atoms with van der Waals surface area (Å²) >= 11 is 0. The zero-order valence-electron chi connectivity index (χ0n) is 7.80. The van der Waals surface area contributed by atoms with Crippen molar-refractivity contribution in [3.63, 3.8) is 0 Å². The standard InChI is InChI=1S/C6H13NOS.C2H6/c1-7-3-2-5-9(8)6-4-7;1-2/h2-6H2,1H3;1-2H3. The Morgan fingerprint density at radius 1 is 1.18 bits per heavy atom. The first-order chi connectivity index (χ1) is 5.29. The van der Waals surface area contributed by atoms with E-state index in [4.69, 9.17) is 0 Å². The largest absolute Gasteiger partial charge is 0.305 e. The van der Waals surface area contributed by atoms with Crippen LogP contribution in [0.4, 0.5) is 0 Å². The average Bonchev–Trinajstić information content (AvgIpc) is 2.20. The average molecular weight is 177 g/mol. The number of rotatable bonds is 0. The van der Waals surface area contributed by atoms with Gasteiger partial charge in [-0.25, -0.2) is 0 Å². The highest BCUT2D eigenvalue weighted by Crippen LogP contribution is 1.97. The maximum atomic E-state index is 10.9. The monoisotopic (exact) mass is 177 g/mol. The summed E-state index contributed by atoms with van der Waals surface area (Å²) in [7, 11) is 1.57. The van der Waals surface area contributed by atoms with E-state index in [9.17, 15) is 4.21 Å². The smallest absolute Gasteiger partial charge is 0.0362 e. The molecule has 0 aromatic rings. The predicted molar refractivity (Wildman–Crippen MR) is 51.3 cm³/mol. The van der Waals surface area contributed by atoms with Crippen LogP contribution in [-0.4, -0.2) is 40.8 Å². The first kappa shape index (κ1) is 11.1. The lowest BCUT2D eigenvalue weighted by atomic mass is 10.4. The third kappa shape index (κ3) is 5.39. The molecular weight excluding hydrogens is 158 g/mol. The van der Waals surface area contributed by atoms with Gasteiger partial charge in [-0.1, -0.05) is 13.8 Å². The van der Waals surface area contributed by atoms with Crippen molar-refractivity contribution in [2.24, 2.45) is 0 Å². The Bertz CT molecular complexity index is 117. The number of hydrogen-bond acceptors (Lipinski definition) is 2. The molecular formula is C8H19NOS. The van der Waals surface area contributed by atoms with Crippen molar-refractivity contribution >= 4 is 10.8 Å². The van der Waals surface area contributed by atoms with Crippen LogP contribution in [0.15, 0.2) is 0 Å². The second-order valence-electron chi connectivity index (χ2n) is 2.50. The molecule has 0 saturated carbocycles. The predicted octanol–water partition coefficient (Wildman–Crippen LogP) is 1.10. The summed E-state index contributed by atoms with van der Waals surface area (Å²) < 4.78 is 10.9. The van der Waals surface area contributed by atoms with Gasteiger partial charge in [0, 0.05) is 28.9 Å². The lowest BCUT2D eigenvalue weighted by molar-refractivity contribution is 0.362. The minimum absolute atomic E-state index is 0.520. The van der Waals surface area contributed by atoms with Gasteiger partial charge in [0.1, 0.15) is 0 Å². The van der Waals surface area contributed by atoms with Gasteiger partial charge in [-0.05, 0) is 20.0 Å². The van der Waals surface area contributed by atoms with Gasteiger partial charge in [0.05, 0.1) is 0 Å². The number of nitrogens with zero attached hydrogens (tertiary/aromatic N) is 1. The first-order valence-corrected chi connectivity index (χ1v) is 5.81. The van der Waals surface area contributed by atoms with E-state index in [1.165, 1.54) is 0 Å². The first-order valence-electron chi connectivity index (χ1n) is 4.32. The molecule has 0 N–H and O–H groups in total. The lowest BCUT2D eigenvalue weighted by Crippen LogP contribution is -2.20. The van der Waals surface area contributed by atoms with Crippen molar-refractivity contribution < 1.29 is 4.21 Å². The van der Waals surface area contributed by atoms with E-state index in [1.807, 2.05) is 13.8 Å². The third-order valence-corrected chi connectivity index (χ3v) is 2.99. The van der Waals surface area contributed by atoms with E-state index in [0.717, 1.165) is 31.0 Å². The minimum atomic E-state index is -0.520. The molecule has 0 spiro atoms. The fourth-order valence-electron chi connectivity index (χ4n) is 0.967. The second-order valence-corrected chi connectivity index (χ2v) is 4.20. The van der Waals surface area contributed by atoms with Gasteiger partial charge in [-0.15, -0.1) is 0 Å². The van der Waals surface area contributed by atoms with Crippen molar-refractivity contribution in [1.29, 1.82) is 0 Å². The Kier molecular flexibility index (Phi) is 6.87. The zero-order chi connectivity index (χ0) is 8.69. The fraction of sp³-hybridized carbons (Fsp3) is 1.00. The molecule has 1 unspecified atom stereocenters. The highest BCUT2D eigenvalue weighted by atomic mass is 32.2. The van der Waals surface area contributed by atoms with Crippen LogP contribution in [0.1, 0.15) is 20.3 Å². The summed E-state index contributed by atoms with van der Waals surface area (Å²) in [5.41, 5.74) is 0. The third-order valence-electron chi connectivity index (χ3n) is 1.61. The summed E-state index contributed by atoms with van der Waals surface area (Å²) in [6.07, 6.45) is 1.10. The molecule has 3 heteroatoms. The minimum Gasteiger partial charge on any atom is -0.305 e. The van der Waals surface area contributed by atoms with Gasteiger partial charge in [0.25, 0.3) is 0 Å². The zero-order valence-corrected chi connectivity index (χ0v) is 8.62. The van der Waals surface area contributed by atoms with Crippen LogP contribution < -0.4 is 0 Å². The molecule has 1 rings (SSSR count). The number of hydrogen-bond donors (Lipinski definition) is 0. The van der Waals surface area contributed by atoms with Crippen LogP contribution in [0, 0.1) is 0 Å². The van der Waals surface area contributed by atoms with Crippen LogP contribution in [-0.2, 0) is 10.8 Å². The summed E-state index contributed by atoms with van der Waals surface area (Å²) in [5.74, 6) is 1.78. The van der Waals surface area contributed by atoms with Gasteiger partial charge in [-0.3, -0.25) is 4.21 Å². The Labute approximate surface area is 72.4 Å². The molecule has 68 valence electrons. The molecule has 2 nitrogen and oxygen atoms in total. The molecule has 1 saturated heterocycles. The summed E-state index contributed by atoms with van der Waals surface area (Å²) in [6, 6.07) is 0. The summed E-state index contributed by atoms with van der Waals surface area (Å²) in [5, 5.41) is 0. The Balaban J connectivity index is 0.000000461. The molecule has 0 aromatic heterocycles. The van der Waals surface area contributed by atoms with Crippen molar-refractivity contribution in [2.75, 3.05) is 31.6 Å². The molecule has 1 aliphatic rings. The maximum absolute atomic E-state index is 10.9. The summed E-state index contributed by atoms with van der Waals surface area (Å²) in [6.45, 7) is 6.12. The molecule has 0 amide bonds. The molecule has 0 aliphatic carbocycles. The normalized spacial score (nSPS) is 26.6. The Morgan fingerprint density at radius 3 is 2.45 bits per heavy atom. The molecule has 1 aliphatic heterocycles. The van der Waals surface area contributed by atoms with Crippen LogP contribution in [0.25, 0.3) is 0 Å². The van der Waals surface area contributed by atoms with E-state index in [0.29, 0.717) is 0 Å². The quantitative estimate of drug-likeness (QED) is 0.552. The Hall–Kier alpha value is 0.110. The SMILES string of the molecule is CC.CN1CCCS(=O)CC1. The van der Waals surface area contributed by atoms with Crippen molar-refractivity contribution in [2.45, 2.75) is 20.3 Å². The van der Waals surface area contributed by atoms with Gasteiger partial charge < -0.3 is 4.90 Å². The molecule has 0 aromatic carbocycles. The molecule has 0 radical (unpaired) electrons. The molecule has 0 bridgehead atoms. The highest BCUT2D eigenvalue weighted by molar-refractivity contribution is 7.85. The Morgan fingerprint density at radius 2 is 1.82 bits per heavy atom. The van der Waals surface area contributed by atoms with Crippen molar-refractivity contribution in [3.8, 4) is 0 Å². The molecule has 1 fully saturated rings. The van der Waals surface area contributed by atoms with Crippen LogP contribution in [0.5, 0.6) is 0 Å². The van der Waals surface area contributed by atoms with Gasteiger partial charge in [0.2, 0.25) is 0 Å². The maximum Gasteiger partial charge on any atom is 0.0362 e. The van der Waals surface area contributed by atoms with E-state index >= 15 is 0 Å². The fourth-order valence-corrected chi connectivity index (χ4v) is 2.14. The van der Waals surface area contributed by atoms with Crippen LogP contribution >= 0.6 is 0 Å². The van der Waals surface area contributed by atoms with E-state index in [2.05, 4.69) is 11.9 Å². The second kappa shape index (κ2) is 6.80.